The Morgan fingerprint density at radius 3 is 0.848 bits per heavy atom. The molecule has 0 atom stereocenters. The highest BCUT2D eigenvalue weighted by atomic mass is 16.6. The Kier molecular flexibility index (Phi) is 11.1. The van der Waals surface area contributed by atoms with Gasteiger partial charge in [-0.1, -0.05) is 72.8 Å². The molecule has 8 heteroatoms. The predicted molar refractivity (Wildman–Crippen MR) is 175 cm³/mol. The molecule has 6 rings (SSSR count). The van der Waals surface area contributed by atoms with E-state index in [0.29, 0.717) is 91.8 Å². The molecule has 1 aliphatic carbocycles. The maximum atomic E-state index is 11.6. The second-order valence-corrected chi connectivity index (χ2v) is 11.5. The Morgan fingerprint density at radius 2 is 0.565 bits per heavy atom. The van der Waals surface area contributed by atoms with Gasteiger partial charge in [0.25, 0.3) is 0 Å². The first-order valence-corrected chi connectivity index (χ1v) is 16.0. The van der Waals surface area contributed by atoms with E-state index in [2.05, 4.69) is 0 Å². The quantitative estimate of drug-likeness (QED) is 0.229. The lowest BCUT2D eigenvalue weighted by Gasteiger charge is -2.20. The van der Waals surface area contributed by atoms with E-state index in [1.165, 1.54) is 0 Å². The van der Waals surface area contributed by atoms with Crippen molar-refractivity contribution >= 4 is 0 Å². The van der Waals surface area contributed by atoms with E-state index in [-0.39, 0.29) is 11.5 Å². The average Bonchev–Trinajstić information content (AvgIpc) is 3.05. The third-order valence-electron chi connectivity index (χ3n) is 8.35. The summed E-state index contributed by atoms with van der Waals surface area (Å²) in [5.74, 6) is 2.02. The minimum absolute atomic E-state index is 0.266. The highest BCUT2D eigenvalue weighted by Crippen LogP contribution is 2.38. The maximum Gasteiger partial charge on any atom is 0.126 e. The van der Waals surface area contributed by atoms with Crippen molar-refractivity contribution in [3.63, 3.8) is 0 Å². The summed E-state index contributed by atoms with van der Waals surface area (Å²) in [6.07, 6.45) is 1.91. The molecule has 10 bridgehead atoms. The van der Waals surface area contributed by atoms with E-state index in [4.69, 9.17) is 28.4 Å². The topological polar surface area (TPSA) is 95.8 Å². The zero-order valence-electron chi connectivity index (χ0n) is 26.2. The molecule has 0 saturated carbocycles. The molecule has 8 nitrogen and oxygen atoms in total. The number of hydrogen-bond donors (Lipinski definition) is 2. The third-order valence-corrected chi connectivity index (χ3v) is 8.35. The van der Waals surface area contributed by atoms with Crippen LogP contribution in [-0.4, -0.2) is 76.3 Å². The van der Waals surface area contributed by atoms with Gasteiger partial charge in [-0.25, -0.2) is 0 Å². The zero-order valence-corrected chi connectivity index (χ0v) is 26.2. The number of phenolic OH excluding ortho intramolecular Hbond substituents is 2. The molecule has 242 valence electrons. The summed E-state index contributed by atoms with van der Waals surface area (Å²) in [7, 11) is 0. The van der Waals surface area contributed by atoms with Crippen LogP contribution in [0.3, 0.4) is 0 Å². The van der Waals surface area contributed by atoms with Gasteiger partial charge in [-0.05, 0) is 44.5 Å². The molecular weight excluding hydrogens is 584 g/mol. The van der Waals surface area contributed by atoms with Crippen molar-refractivity contribution < 1.29 is 38.6 Å². The minimum Gasteiger partial charge on any atom is -0.507 e. The molecule has 2 N–H and O–H groups in total. The number of fused-ring (bicyclic) bond motifs is 2. The van der Waals surface area contributed by atoms with Crippen LogP contribution in [0.5, 0.6) is 23.0 Å². The van der Waals surface area contributed by atoms with Crippen LogP contribution in [0.25, 0.3) is 0 Å². The SMILES string of the molecule is Oc1c2cccc1Cc1cccc3c1OCCOCCOCCOCCOCCOc1c(cccc1Cc1cccc(c1O)C3)C2. The van der Waals surface area contributed by atoms with E-state index < -0.39 is 0 Å². The Morgan fingerprint density at radius 1 is 0.326 bits per heavy atom. The van der Waals surface area contributed by atoms with Crippen LogP contribution in [0.15, 0.2) is 72.8 Å². The fraction of sp³-hybridized carbons (Fsp3) is 0.368. The van der Waals surface area contributed by atoms with Crippen LogP contribution in [0.1, 0.15) is 44.5 Å². The Balaban J connectivity index is 1.42. The van der Waals surface area contributed by atoms with Gasteiger partial charge in [-0.15, -0.1) is 0 Å². The van der Waals surface area contributed by atoms with E-state index >= 15 is 0 Å². The summed E-state index contributed by atoms with van der Waals surface area (Å²) < 4.78 is 35.6. The lowest BCUT2D eigenvalue weighted by molar-refractivity contribution is -0.00706. The van der Waals surface area contributed by atoms with Gasteiger partial charge in [0.1, 0.15) is 36.2 Å². The van der Waals surface area contributed by atoms with Crippen molar-refractivity contribution in [1.29, 1.82) is 0 Å². The second-order valence-electron chi connectivity index (χ2n) is 11.5. The molecule has 1 aliphatic heterocycles. The normalized spacial score (nSPS) is 17.0. The van der Waals surface area contributed by atoms with Crippen molar-refractivity contribution in [2.75, 3.05) is 66.1 Å². The summed E-state index contributed by atoms with van der Waals surface area (Å²) in [6, 6.07) is 24.0. The second kappa shape index (κ2) is 16.0. The monoisotopic (exact) mass is 626 g/mol. The van der Waals surface area contributed by atoms with Gasteiger partial charge in [0.15, 0.2) is 0 Å². The molecule has 0 amide bonds. The molecule has 0 spiro atoms. The molecule has 1 heterocycles. The van der Waals surface area contributed by atoms with Crippen LogP contribution in [-0.2, 0) is 44.6 Å². The van der Waals surface area contributed by atoms with Gasteiger partial charge in [-0.2, -0.15) is 0 Å². The standard InChI is InChI=1S/C38H42O8/c39-35-27-5-1-6-28(35)24-32-10-4-12-34-26-30-8-2-7-29(36(30)40)25-33-11-3-9-31(23-27)37(33)45-21-19-43-17-15-41-13-14-42-16-18-44-20-22-46-38(32)34/h1-12,39-40H,13-26H2. The van der Waals surface area contributed by atoms with Gasteiger partial charge in [0, 0.05) is 25.7 Å². The van der Waals surface area contributed by atoms with Crippen molar-refractivity contribution in [2.45, 2.75) is 25.7 Å². The molecule has 4 aromatic carbocycles. The number of aromatic hydroxyl groups is 2. The molecule has 46 heavy (non-hydrogen) atoms. The number of hydrogen-bond acceptors (Lipinski definition) is 8. The van der Waals surface area contributed by atoms with Gasteiger partial charge >= 0.3 is 0 Å². The fourth-order valence-electron chi connectivity index (χ4n) is 6.05. The van der Waals surface area contributed by atoms with Gasteiger partial charge in [-0.3, -0.25) is 0 Å². The fourth-order valence-corrected chi connectivity index (χ4v) is 6.05. The lowest BCUT2D eigenvalue weighted by atomic mass is 9.91. The number of phenols is 2. The van der Waals surface area contributed by atoms with Crippen LogP contribution in [0, 0.1) is 0 Å². The highest BCUT2D eigenvalue weighted by Gasteiger charge is 2.20. The van der Waals surface area contributed by atoms with E-state index in [9.17, 15) is 10.2 Å². The average molecular weight is 627 g/mol. The smallest absolute Gasteiger partial charge is 0.126 e. The first-order valence-electron chi connectivity index (χ1n) is 16.0. The number of para-hydroxylation sites is 4. The van der Waals surface area contributed by atoms with E-state index in [1.807, 2.05) is 72.8 Å². The van der Waals surface area contributed by atoms with Crippen molar-refractivity contribution in [1.82, 2.24) is 0 Å². The Hall–Kier alpha value is -4.08. The first-order chi connectivity index (χ1) is 22.7. The van der Waals surface area contributed by atoms with Crippen LogP contribution >= 0.6 is 0 Å². The summed E-state index contributed by atoms with van der Waals surface area (Å²) in [6.45, 7) is 4.30. The van der Waals surface area contributed by atoms with Crippen LogP contribution < -0.4 is 9.47 Å². The van der Waals surface area contributed by atoms with Gasteiger partial charge in [0.05, 0.1) is 52.9 Å². The number of rotatable bonds is 0. The zero-order chi connectivity index (χ0) is 31.6. The summed E-state index contributed by atoms with van der Waals surface area (Å²) in [4.78, 5) is 0. The molecule has 0 fully saturated rings. The largest absolute Gasteiger partial charge is 0.507 e. The molecule has 0 saturated heterocycles. The molecule has 0 unspecified atom stereocenters. The number of benzene rings is 4. The maximum absolute atomic E-state index is 11.6. The molecule has 0 radical (unpaired) electrons. The van der Waals surface area contributed by atoms with E-state index in [1.54, 1.807) is 0 Å². The summed E-state index contributed by atoms with van der Waals surface area (Å²) >= 11 is 0. The van der Waals surface area contributed by atoms with Crippen molar-refractivity contribution in [2.24, 2.45) is 0 Å². The molecular formula is C38H42O8. The molecule has 2 aliphatic rings. The number of ether oxygens (including phenoxy) is 6. The predicted octanol–water partition coefficient (Wildman–Crippen LogP) is 5.61. The summed E-state index contributed by atoms with van der Waals surface area (Å²) in [5.41, 5.74) is 7.05. The van der Waals surface area contributed by atoms with Gasteiger partial charge < -0.3 is 38.6 Å². The van der Waals surface area contributed by atoms with Crippen LogP contribution in [0.4, 0.5) is 0 Å². The minimum atomic E-state index is 0.266. The van der Waals surface area contributed by atoms with Crippen molar-refractivity contribution in [3.8, 4) is 23.0 Å². The molecule has 4 aromatic rings. The Bertz CT molecular complexity index is 1400. The van der Waals surface area contributed by atoms with Crippen LogP contribution in [0.2, 0.25) is 0 Å². The summed E-state index contributed by atoms with van der Waals surface area (Å²) in [5, 5.41) is 23.1. The lowest BCUT2D eigenvalue weighted by Crippen LogP contribution is -2.15. The van der Waals surface area contributed by atoms with Gasteiger partial charge in [0.2, 0.25) is 0 Å². The Labute approximate surface area is 270 Å². The highest BCUT2D eigenvalue weighted by molar-refractivity contribution is 5.55. The molecule has 0 aromatic heterocycles. The third kappa shape index (κ3) is 8.00. The van der Waals surface area contributed by atoms with Crippen molar-refractivity contribution in [3.05, 3.63) is 117 Å². The van der Waals surface area contributed by atoms with E-state index in [0.717, 1.165) is 56.0 Å². The first kappa shape index (κ1) is 31.9.